The van der Waals surface area contributed by atoms with E-state index in [1.165, 1.54) is 0 Å². The normalized spacial score (nSPS) is 21.7. The van der Waals surface area contributed by atoms with Gasteiger partial charge in [-0.15, -0.1) is 0 Å². The molecule has 0 spiro atoms. The Labute approximate surface area is 155 Å². The van der Waals surface area contributed by atoms with Crippen molar-refractivity contribution >= 4 is 11.8 Å². The SMILES string of the molecule is COCCn1ccnc1[C@@H]1CCCN(C(=O)CN2CCCCCC2=O)C1. The van der Waals surface area contributed by atoms with E-state index in [1.54, 1.807) is 12.0 Å². The van der Waals surface area contributed by atoms with E-state index in [0.29, 0.717) is 26.1 Å². The smallest absolute Gasteiger partial charge is 0.242 e. The molecule has 0 N–H and O–H groups in total. The van der Waals surface area contributed by atoms with E-state index in [2.05, 4.69) is 9.55 Å². The van der Waals surface area contributed by atoms with Crippen LogP contribution in [0.2, 0.25) is 0 Å². The summed E-state index contributed by atoms with van der Waals surface area (Å²) in [5.41, 5.74) is 0. The van der Waals surface area contributed by atoms with Crippen molar-refractivity contribution in [2.45, 2.75) is 51.0 Å². The number of imidazole rings is 1. The zero-order chi connectivity index (χ0) is 18.4. The third kappa shape index (κ3) is 4.63. The molecule has 2 saturated heterocycles. The zero-order valence-corrected chi connectivity index (χ0v) is 15.7. The summed E-state index contributed by atoms with van der Waals surface area (Å²) < 4.78 is 7.30. The first-order valence-electron chi connectivity index (χ1n) is 9.74. The van der Waals surface area contributed by atoms with E-state index < -0.39 is 0 Å². The van der Waals surface area contributed by atoms with Gasteiger partial charge >= 0.3 is 0 Å². The highest BCUT2D eigenvalue weighted by molar-refractivity contribution is 5.85. The molecule has 0 aromatic carbocycles. The number of nitrogens with zero attached hydrogens (tertiary/aromatic N) is 4. The topological polar surface area (TPSA) is 67.7 Å². The van der Waals surface area contributed by atoms with Gasteiger partial charge in [0, 0.05) is 58.0 Å². The second-order valence-corrected chi connectivity index (χ2v) is 7.28. The Morgan fingerprint density at radius 1 is 1.27 bits per heavy atom. The average Bonchev–Trinajstić information content (AvgIpc) is 3.04. The van der Waals surface area contributed by atoms with Gasteiger partial charge in [-0.1, -0.05) is 6.42 Å². The van der Waals surface area contributed by atoms with Crippen molar-refractivity contribution in [3.05, 3.63) is 18.2 Å². The number of aromatic nitrogens is 2. The van der Waals surface area contributed by atoms with E-state index in [-0.39, 0.29) is 24.3 Å². The molecule has 7 heteroatoms. The van der Waals surface area contributed by atoms with Crippen molar-refractivity contribution in [3.8, 4) is 0 Å². The summed E-state index contributed by atoms with van der Waals surface area (Å²) in [5.74, 6) is 1.48. The fourth-order valence-corrected chi connectivity index (χ4v) is 3.94. The number of carbonyl (C=O) groups excluding carboxylic acids is 2. The molecule has 2 aliphatic heterocycles. The Hall–Kier alpha value is -1.89. The first-order chi connectivity index (χ1) is 12.7. The van der Waals surface area contributed by atoms with Crippen LogP contribution in [0.15, 0.2) is 12.4 Å². The summed E-state index contributed by atoms with van der Waals surface area (Å²) in [6.07, 6.45) is 9.40. The molecule has 0 saturated carbocycles. The van der Waals surface area contributed by atoms with Gasteiger partial charge in [-0.3, -0.25) is 9.59 Å². The fraction of sp³-hybridized carbons (Fsp3) is 0.737. The summed E-state index contributed by atoms with van der Waals surface area (Å²) >= 11 is 0. The number of rotatable bonds is 6. The standard InChI is InChI=1S/C19H30N4O3/c1-26-13-12-21-11-8-20-19(21)16-6-5-10-22(14-16)18(25)15-23-9-4-2-3-7-17(23)24/h8,11,16H,2-7,9-10,12-15H2,1H3/t16-/m1/s1. The molecule has 2 aliphatic rings. The summed E-state index contributed by atoms with van der Waals surface area (Å²) in [4.78, 5) is 33.1. The zero-order valence-electron chi connectivity index (χ0n) is 15.7. The maximum atomic E-state index is 12.8. The van der Waals surface area contributed by atoms with Crippen LogP contribution in [-0.2, 0) is 20.9 Å². The van der Waals surface area contributed by atoms with Gasteiger partial charge in [-0.05, 0) is 25.7 Å². The molecule has 26 heavy (non-hydrogen) atoms. The number of methoxy groups -OCH3 is 1. The van der Waals surface area contributed by atoms with E-state index >= 15 is 0 Å². The van der Waals surface area contributed by atoms with Gasteiger partial charge in [0.15, 0.2) is 0 Å². The van der Waals surface area contributed by atoms with Gasteiger partial charge in [0.2, 0.25) is 11.8 Å². The van der Waals surface area contributed by atoms with Crippen molar-refractivity contribution in [3.63, 3.8) is 0 Å². The van der Waals surface area contributed by atoms with Crippen LogP contribution in [0.25, 0.3) is 0 Å². The summed E-state index contributed by atoms with van der Waals surface area (Å²) in [7, 11) is 1.70. The van der Waals surface area contributed by atoms with Crippen molar-refractivity contribution in [1.29, 1.82) is 0 Å². The van der Waals surface area contributed by atoms with Crippen LogP contribution in [0, 0.1) is 0 Å². The minimum Gasteiger partial charge on any atom is -0.383 e. The molecule has 0 bridgehead atoms. The Morgan fingerprint density at radius 3 is 3.00 bits per heavy atom. The predicted molar refractivity (Wildman–Crippen MR) is 97.7 cm³/mol. The molecule has 1 atom stereocenters. The van der Waals surface area contributed by atoms with Crippen molar-refractivity contribution in [2.24, 2.45) is 0 Å². The van der Waals surface area contributed by atoms with E-state index in [9.17, 15) is 9.59 Å². The number of carbonyl (C=O) groups is 2. The lowest BCUT2D eigenvalue weighted by Gasteiger charge is -2.34. The maximum Gasteiger partial charge on any atom is 0.242 e. The van der Waals surface area contributed by atoms with Gasteiger partial charge in [-0.2, -0.15) is 0 Å². The number of amides is 2. The highest BCUT2D eigenvalue weighted by atomic mass is 16.5. The maximum absolute atomic E-state index is 12.8. The Balaban J connectivity index is 1.60. The molecule has 0 radical (unpaired) electrons. The van der Waals surface area contributed by atoms with Crippen molar-refractivity contribution < 1.29 is 14.3 Å². The minimum absolute atomic E-state index is 0.0694. The monoisotopic (exact) mass is 362 g/mol. The highest BCUT2D eigenvalue weighted by Gasteiger charge is 2.29. The summed E-state index contributed by atoms with van der Waals surface area (Å²) in [6.45, 7) is 3.82. The van der Waals surface area contributed by atoms with Crippen LogP contribution in [0.3, 0.4) is 0 Å². The van der Waals surface area contributed by atoms with Crippen LogP contribution < -0.4 is 0 Å². The quantitative estimate of drug-likeness (QED) is 0.771. The molecule has 1 aromatic heterocycles. The Kier molecular flexibility index (Phi) is 6.66. The number of likely N-dealkylation sites (tertiary alicyclic amines) is 2. The Bertz CT molecular complexity index is 616. The molecule has 1 aromatic rings. The Morgan fingerprint density at radius 2 is 2.15 bits per heavy atom. The third-order valence-corrected chi connectivity index (χ3v) is 5.42. The van der Waals surface area contributed by atoms with Gasteiger partial charge < -0.3 is 19.1 Å². The largest absolute Gasteiger partial charge is 0.383 e. The van der Waals surface area contributed by atoms with E-state index in [0.717, 1.165) is 51.0 Å². The molecular weight excluding hydrogens is 332 g/mol. The lowest BCUT2D eigenvalue weighted by atomic mass is 9.97. The number of hydrogen-bond donors (Lipinski definition) is 0. The first-order valence-corrected chi connectivity index (χ1v) is 9.74. The fourth-order valence-electron chi connectivity index (χ4n) is 3.94. The highest BCUT2D eigenvalue weighted by Crippen LogP contribution is 2.26. The molecule has 0 aliphatic carbocycles. The number of ether oxygens (including phenoxy) is 1. The molecule has 3 heterocycles. The van der Waals surface area contributed by atoms with Crippen LogP contribution in [0.4, 0.5) is 0 Å². The molecule has 3 rings (SSSR count). The molecule has 7 nitrogen and oxygen atoms in total. The van der Waals surface area contributed by atoms with Crippen LogP contribution in [0.5, 0.6) is 0 Å². The van der Waals surface area contributed by atoms with Gasteiger partial charge in [0.05, 0.1) is 13.2 Å². The average molecular weight is 362 g/mol. The van der Waals surface area contributed by atoms with E-state index in [4.69, 9.17) is 4.74 Å². The van der Waals surface area contributed by atoms with Crippen molar-refractivity contribution in [2.75, 3.05) is 39.9 Å². The third-order valence-electron chi connectivity index (χ3n) is 5.42. The first kappa shape index (κ1) is 18.9. The lowest BCUT2D eigenvalue weighted by molar-refractivity contribution is -0.140. The van der Waals surface area contributed by atoms with Crippen LogP contribution in [0.1, 0.15) is 50.3 Å². The van der Waals surface area contributed by atoms with Gasteiger partial charge in [0.25, 0.3) is 0 Å². The predicted octanol–water partition coefficient (Wildman–Crippen LogP) is 1.64. The molecule has 0 unspecified atom stereocenters. The van der Waals surface area contributed by atoms with Crippen LogP contribution in [-0.4, -0.2) is 71.1 Å². The lowest BCUT2D eigenvalue weighted by Crippen LogP contribution is -2.46. The van der Waals surface area contributed by atoms with E-state index in [1.807, 2.05) is 17.3 Å². The molecule has 2 fully saturated rings. The number of hydrogen-bond acceptors (Lipinski definition) is 4. The molecule has 144 valence electrons. The second kappa shape index (κ2) is 9.16. The van der Waals surface area contributed by atoms with Crippen molar-refractivity contribution in [1.82, 2.24) is 19.4 Å². The van der Waals surface area contributed by atoms with Gasteiger partial charge in [0.1, 0.15) is 5.82 Å². The minimum atomic E-state index is 0.0694. The molecule has 2 amide bonds. The number of piperidine rings is 1. The second-order valence-electron chi connectivity index (χ2n) is 7.28. The van der Waals surface area contributed by atoms with Crippen LogP contribution >= 0.6 is 0 Å². The molecular formula is C19H30N4O3. The summed E-state index contributed by atoms with van der Waals surface area (Å²) in [5, 5.41) is 0. The summed E-state index contributed by atoms with van der Waals surface area (Å²) in [6, 6.07) is 0. The van der Waals surface area contributed by atoms with Gasteiger partial charge in [-0.25, -0.2) is 4.98 Å².